The van der Waals surface area contributed by atoms with Crippen LogP contribution in [0.3, 0.4) is 0 Å². The maximum Gasteiger partial charge on any atom is 0.201 e. The smallest absolute Gasteiger partial charge is 0.201 e. The van der Waals surface area contributed by atoms with E-state index in [0.717, 1.165) is 31.7 Å². The summed E-state index contributed by atoms with van der Waals surface area (Å²) in [6, 6.07) is 9.59. The predicted octanol–water partition coefficient (Wildman–Crippen LogP) is 2.18. The number of hydrogen-bond acceptors (Lipinski definition) is 6. The van der Waals surface area contributed by atoms with Crippen molar-refractivity contribution in [2.24, 2.45) is 4.99 Å². The van der Waals surface area contributed by atoms with Crippen molar-refractivity contribution in [1.82, 2.24) is 15.3 Å². The van der Waals surface area contributed by atoms with Gasteiger partial charge in [-0.2, -0.15) is 0 Å². The molecule has 0 spiro atoms. The highest BCUT2D eigenvalue weighted by atomic mass is 16.5. The molecule has 134 valence electrons. The fourth-order valence-corrected chi connectivity index (χ4v) is 3.86. The molecule has 1 aliphatic carbocycles. The standard InChI is InChI=1S/C19H26N4O2/c1-25-16-5-3-14(4-6-16)17-13-18(17)21-15-7-11-22(12-8-15)19-20-9-2-10-23(19)24/h2-6,9-10,15,17-19,21,24H,7-8,11-13H2,1H3. The first-order valence-electron chi connectivity index (χ1n) is 9.06. The number of piperidine rings is 1. The Hall–Kier alpha value is -1.89. The molecule has 1 saturated heterocycles. The number of allylic oxidation sites excluding steroid dienone is 1. The monoisotopic (exact) mass is 342 g/mol. The molecule has 1 aromatic rings. The molecule has 6 heteroatoms. The van der Waals surface area contributed by atoms with Gasteiger partial charge in [-0.1, -0.05) is 12.1 Å². The first kappa shape index (κ1) is 16.6. The van der Waals surface area contributed by atoms with Crippen molar-refractivity contribution in [2.75, 3.05) is 20.2 Å². The van der Waals surface area contributed by atoms with Crippen LogP contribution < -0.4 is 10.1 Å². The maximum atomic E-state index is 9.91. The second-order valence-electron chi connectivity index (χ2n) is 7.06. The van der Waals surface area contributed by atoms with E-state index >= 15 is 0 Å². The average Bonchev–Trinajstić information content (AvgIpc) is 3.42. The van der Waals surface area contributed by atoms with Gasteiger partial charge >= 0.3 is 0 Å². The molecule has 2 heterocycles. The third-order valence-corrected chi connectivity index (χ3v) is 5.42. The van der Waals surface area contributed by atoms with Crippen LogP contribution >= 0.6 is 0 Å². The van der Waals surface area contributed by atoms with E-state index < -0.39 is 0 Å². The second kappa shape index (κ2) is 7.15. The quantitative estimate of drug-likeness (QED) is 0.859. The lowest BCUT2D eigenvalue weighted by molar-refractivity contribution is -0.134. The summed E-state index contributed by atoms with van der Waals surface area (Å²) in [6.45, 7) is 1.90. The van der Waals surface area contributed by atoms with Gasteiger partial charge in [-0.15, -0.1) is 0 Å². The van der Waals surface area contributed by atoms with Gasteiger partial charge in [0.15, 0.2) is 0 Å². The molecule has 3 aliphatic rings. The van der Waals surface area contributed by atoms with Crippen LogP contribution in [0, 0.1) is 0 Å². The molecule has 3 atom stereocenters. The topological polar surface area (TPSA) is 60.3 Å². The van der Waals surface area contributed by atoms with Crippen molar-refractivity contribution in [3.05, 3.63) is 42.1 Å². The van der Waals surface area contributed by atoms with Gasteiger partial charge in [0.2, 0.25) is 6.29 Å². The summed E-state index contributed by atoms with van der Waals surface area (Å²) in [5.74, 6) is 1.55. The molecule has 4 rings (SSSR count). The molecule has 6 nitrogen and oxygen atoms in total. The van der Waals surface area contributed by atoms with Crippen LogP contribution in [-0.4, -0.2) is 60.0 Å². The number of hydrogen-bond donors (Lipinski definition) is 2. The Morgan fingerprint density at radius 1 is 1.20 bits per heavy atom. The molecule has 0 radical (unpaired) electrons. The Balaban J connectivity index is 1.24. The summed E-state index contributed by atoms with van der Waals surface area (Å²) < 4.78 is 5.23. The number of likely N-dealkylation sites (tertiary alicyclic amines) is 1. The van der Waals surface area contributed by atoms with Crippen LogP contribution in [0.15, 0.2) is 41.5 Å². The van der Waals surface area contributed by atoms with Crippen molar-refractivity contribution < 1.29 is 9.94 Å². The molecule has 0 aromatic heterocycles. The van der Waals surface area contributed by atoms with Crippen molar-refractivity contribution in [3.8, 4) is 5.75 Å². The molecular formula is C19H26N4O2. The van der Waals surface area contributed by atoms with Gasteiger partial charge in [0.25, 0.3) is 0 Å². The molecule has 3 unspecified atom stereocenters. The Morgan fingerprint density at radius 3 is 2.64 bits per heavy atom. The van der Waals surface area contributed by atoms with E-state index in [1.165, 1.54) is 17.0 Å². The SMILES string of the molecule is COc1ccc(C2CC2NC2CCN(C3N=CC=CN3O)CC2)cc1. The minimum absolute atomic E-state index is 0.265. The third kappa shape index (κ3) is 3.71. The minimum Gasteiger partial charge on any atom is -0.497 e. The molecule has 2 N–H and O–H groups in total. The number of aliphatic imine (C=N–C) groups is 1. The van der Waals surface area contributed by atoms with Gasteiger partial charge in [0.1, 0.15) is 5.75 Å². The predicted molar refractivity (Wildman–Crippen MR) is 96.9 cm³/mol. The largest absolute Gasteiger partial charge is 0.497 e. The lowest BCUT2D eigenvalue weighted by Crippen LogP contribution is -2.51. The maximum absolute atomic E-state index is 9.91. The molecule has 2 fully saturated rings. The van der Waals surface area contributed by atoms with Crippen molar-refractivity contribution >= 4 is 6.21 Å². The van der Waals surface area contributed by atoms with Gasteiger partial charge in [0.05, 0.1) is 7.11 Å². The lowest BCUT2D eigenvalue weighted by Gasteiger charge is -2.38. The van der Waals surface area contributed by atoms with E-state index in [-0.39, 0.29) is 6.29 Å². The zero-order chi connectivity index (χ0) is 17.2. The number of benzene rings is 1. The average molecular weight is 342 g/mol. The first-order chi connectivity index (χ1) is 12.2. The van der Waals surface area contributed by atoms with E-state index in [4.69, 9.17) is 4.74 Å². The normalized spacial score (nSPS) is 29.8. The van der Waals surface area contributed by atoms with Crippen LogP contribution in [0.5, 0.6) is 5.75 Å². The zero-order valence-electron chi connectivity index (χ0n) is 14.6. The molecule has 25 heavy (non-hydrogen) atoms. The van der Waals surface area contributed by atoms with Crippen molar-refractivity contribution in [2.45, 2.75) is 43.6 Å². The Kier molecular flexibility index (Phi) is 4.74. The Morgan fingerprint density at radius 2 is 1.96 bits per heavy atom. The van der Waals surface area contributed by atoms with Crippen molar-refractivity contribution in [3.63, 3.8) is 0 Å². The van der Waals surface area contributed by atoms with Crippen LogP contribution in [0.25, 0.3) is 0 Å². The number of methoxy groups -OCH3 is 1. The van der Waals surface area contributed by atoms with Gasteiger partial charge in [0, 0.05) is 43.5 Å². The van der Waals surface area contributed by atoms with Gasteiger partial charge in [-0.3, -0.25) is 15.1 Å². The van der Waals surface area contributed by atoms with Crippen molar-refractivity contribution in [1.29, 1.82) is 0 Å². The molecule has 0 bridgehead atoms. The summed E-state index contributed by atoms with van der Waals surface area (Å²) in [5, 5.41) is 14.9. The van der Waals surface area contributed by atoms with E-state index in [9.17, 15) is 5.21 Å². The van der Waals surface area contributed by atoms with E-state index in [2.05, 4.69) is 27.3 Å². The molecule has 2 aliphatic heterocycles. The molecule has 1 aromatic carbocycles. The fourth-order valence-electron chi connectivity index (χ4n) is 3.86. The lowest BCUT2D eigenvalue weighted by atomic mass is 10.0. The number of hydroxylamine groups is 2. The van der Waals surface area contributed by atoms with Crippen LogP contribution in [0.2, 0.25) is 0 Å². The minimum atomic E-state index is -0.265. The summed E-state index contributed by atoms with van der Waals surface area (Å²) in [5.41, 5.74) is 1.40. The number of nitrogens with one attached hydrogen (secondary N) is 1. The summed E-state index contributed by atoms with van der Waals surface area (Å²) in [7, 11) is 1.70. The van der Waals surface area contributed by atoms with Crippen LogP contribution in [-0.2, 0) is 0 Å². The van der Waals surface area contributed by atoms with E-state index in [0.29, 0.717) is 18.0 Å². The fraction of sp³-hybridized carbons (Fsp3) is 0.526. The molecule has 0 amide bonds. The Bertz CT molecular complexity index is 637. The molecular weight excluding hydrogens is 316 g/mol. The highest BCUT2D eigenvalue weighted by molar-refractivity contribution is 5.71. The van der Waals surface area contributed by atoms with Gasteiger partial charge < -0.3 is 10.1 Å². The van der Waals surface area contributed by atoms with Gasteiger partial charge in [-0.05, 0) is 43.0 Å². The van der Waals surface area contributed by atoms with E-state index in [1.807, 2.05) is 12.1 Å². The zero-order valence-corrected chi connectivity index (χ0v) is 14.6. The third-order valence-electron chi connectivity index (χ3n) is 5.42. The highest BCUT2D eigenvalue weighted by Crippen LogP contribution is 2.42. The molecule has 1 saturated carbocycles. The second-order valence-corrected chi connectivity index (χ2v) is 7.06. The summed E-state index contributed by atoms with van der Waals surface area (Å²) in [6.07, 6.45) is 8.30. The Labute approximate surface area is 148 Å². The highest BCUT2D eigenvalue weighted by Gasteiger charge is 2.40. The number of ether oxygens (including phenoxy) is 1. The van der Waals surface area contributed by atoms with Crippen LogP contribution in [0.1, 0.15) is 30.7 Å². The van der Waals surface area contributed by atoms with Crippen LogP contribution in [0.4, 0.5) is 0 Å². The first-order valence-corrected chi connectivity index (χ1v) is 9.06. The number of nitrogens with zero attached hydrogens (tertiary/aromatic N) is 3. The van der Waals surface area contributed by atoms with Gasteiger partial charge in [-0.25, -0.2) is 5.06 Å². The summed E-state index contributed by atoms with van der Waals surface area (Å²) in [4.78, 5) is 6.59. The summed E-state index contributed by atoms with van der Waals surface area (Å²) >= 11 is 0. The van der Waals surface area contributed by atoms with E-state index in [1.54, 1.807) is 25.6 Å². The number of rotatable bonds is 5.